The first kappa shape index (κ1) is 26.3. The zero-order chi connectivity index (χ0) is 27.1. The highest BCUT2D eigenvalue weighted by Gasteiger charge is 2.30. The maximum atomic E-state index is 11.7. The fourth-order valence-electron chi connectivity index (χ4n) is 5.25. The van der Waals surface area contributed by atoms with Gasteiger partial charge in [0.1, 0.15) is 23.4 Å². The Bertz CT molecular complexity index is 1280. The third-order valence-corrected chi connectivity index (χ3v) is 7.32. The van der Waals surface area contributed by atoms with Crippen LogP contribution in [0, 0.1) is 13.8 Å². The molecular formula is C30H35NO6. The summed E-state index contributed by atoms with van der Waals surface area (Å²) in [5.41, 5.74) is 11.7. The van der Waals surface area contributed by atoms with Crippen LogP contribution >= 0.6 is 0 Å². The fourth-order valence-corrected chi connectivity index (χ4v) is 5.25. The minimum atomic E-state index is -1.10. The number of amides is 1. The van der Waals surface area contributed by atoms with Gasteiger partial charge in [0.2, 0.25) is 0 Å². The third-order valence-electron chi connectivity index (χ3n) is 7.32. The summed E-state index contributed by atoms with van der Waals surface area (Å²) < 4.78 is 17.9. The van der Waals surface area contributed by atoms with Crippen molar-refractivity contribution >= 4 is 17.4 Å². The van der Waals surface area contributed by atoms with Crippen molar-refractivity contribution in [1.82, 2.24) is 0 Å². The second kappa shape index (κ2) is 9.96. The van der Waals surface area contributed by atoms with Crippen LogP contribution in [0.25, 0.3) is 5.57 Å². The summed E-state index contributed by atoms with van der Waals surface area (Å²) in [7, 11) is 0. The summed E-state index contributed by atoms with van der Waals surface area (Å²) in [5, 5.41) is 9.12. The van der Waals surface area contributed by atoms with E-state index in [0.717, 1.165) is 46.2 Å². The Labute approximate surface area is 217 Å². The monoisotopic (exact) mass is 505 g/mol. The van der Waals surface area contributed by atoms with Crippen LogP contribution in [0.5, 0.6) is 17.2 Å². The number of allylic oxidation sites excluding steroid dienone is 2. The number of nitrogens with two attached hydrogens (primary N) is 1. The summed E-state index contributed by atoms with van der Waals surface area (Å²) in [6, 6.07) is 9.49. The van der Waals surface area contributed by atoms with Crippen LogP contribution in [0.2, 0.25) is 0 Å². The normalized spacial score (nSPS) is 18.8. The van der Waals surface area contributed by atoms with Crippen LogP contribution in [-0.4, -0.2) is 35.3 Å². The molecule has 37 heavy (non-hydrogen) atoms. The second-order valence-electron chi connectivity index (χ2n) is 10.5. The molecule has 0 aromatic heterocycles. The number of carbonyl (C=O) groups is 2. The molecule has 7 heteroatoms. The van der Waals surface area contributed by atoms with Gasteiger partial charge in [0.05, 0.1) is 13.0 Å². The molecule has 1 aliphatic carbocycles. The number of carbonyl (C=O) groups excluding carboxylic acids is 1. The van der Waals surface area contributed by atoms with Gasteiger partial charge >= 0.3 is 5.97 Å². The highest BCUT2D eigenvalue weighted by molar-refractivity contribution is 5.84. The molecule has 2 unspecified atom stereocenters. The van der Waals surface area contributed by atoms with Crippen LogP contribution in [0.15, 0.2) is 48.1 Å². The highest BCUT2D eigenvalue weighted by atomic mass is 16.5. The summed E-state index contributed by atoms with van der Waals surface area (Å²) in [4.78, 5) is 22.8. The van der Waals surface area contributed by atoms with Crippen LogP contribution in [0.3, 0.4) is 0 Å². The summed E-state index contributed by atoms with van der Waals surface area (Å²) in [6.07, 6.45) is 1.66. The predicted octanol–water partition coefficient (Wildman–Crippen LogP) is 5.47. The molecule has 0 fully saturated rings. The Morgan fingerprint density at radius 1 is 1.14 bits per heavy atom. The van der Waals surface area contributed by atoms with Crippen molar-refractivity contribution in [2.24, 2.45) is 5.73 Å². The van der Waals surface area contributed by atoms with Gasteiger partial charge in [-0.25, -0.2) is 0 Å². The minimum Gasteiger partial charge on any atom is -0.492 e. The van der Waals surface area contributed by atoms with Gasteiger partial charge in [0.25, 0.3) is 5.91 Å². The standard InChI is InChI=1S/C30H35NO6/c1-16-11-22(37-30(5,6)29(31)34)12-17(2)28(16)19(4)23-9-10-25(18(23)3)36-21-7-8-24-20(13-27(32)33)15-35-26(24)14-21/h7-8,11-12,14,20,25H,4,9-10,13,15H2,1-3,5-6H3,(H2,31,34)(H,32,33). The number of ether oxygens (including phenoxy) is 3. The molecule has 0 radical (unpaired) electrons. The number of carboxylic acid groups (broad SMARTS) is 1. The van der Waals surface area contributed by atoms with Gasteiger partial charge in [0.15, 0.2) is 5.60 Å². The molecule has 7 nitrogen and oxygen atoms in total. The van der Waals surface area contributed by atoms with Gasteiger partial charge in [-0.2, -0.15) is 0 Å². The molecule has 4 rings (SSSR count). The Morgan fingerprint density at radius 2 is 1.81 bits per heavy atom. The quantitative estimate of drug-likeness (QED) is 0.468. The number of carboxylic acids is 1. The molecule has 2 aliphatic rings. The van der Waals surface area contributed by atoms with Crippen LogP contribution in [0.1, 0.15) is 68.2 Å². The maximum absolute atomic E-state index is 11.7. The lowest BCUT2D eigenvalue weighted by Gasteiger charge is -2.24. The zero-order valence-corrected chi connectivity index (χ0v) is 22.1. The van der Waals surface area contributed by atoms with E-state index in [1.807, 2.05) is 44.2 Å². The highest BCUT2D eigenvalue weighted by Crippen LogP contribution is 2.42. The fraction of sp³-hybridized carbons (Fsp3) is 0.400. The number of fused-ring (bicyclic) bond motifs is 1. The number of aliphatic carboxylic acids is 1. The van der Waals surface area contributed by atoms with E-state index in [1.165, 1.54) is 5.57 Å². The van der Waals surface area contributed by atoms with Crippen LogP contribution in [-0.2, 0) is 9.59 Å². The lowest BCUT2D eigenvalue weighted by molar-refractivity contribution is -0.137. The topological polar surface area (TPSA) is 108 Å². The van der Waals surface area contributed by atoms with Crippen molar-refractivity contribution in [2.75, 3.05) is 6.61 Å². The molecule has 0 saturated heterocycles. The molecule has 196 valence electrons. The number of hydrogen-bond donors (Lipinski definition) is 2. The van der Waals surface area contributed by atoms with E-state index in [1.54, 1.807) is 13.8 Å². The van der Waals surface area contributed by atoms with Gasteiger partial charge in [-0.15, -0.1) is 0 Å². The summed E-state index contributed by atoms with van der Waals surface area (Å²) in [6.45, 7) is 14.2. The molecular weight excluding hydrogens is 470 g/mol. The van der Waals surface area contributed by atoms with E-state index in [2.05, 4.69) is 13.5 Å². The molecule has 2 aromatic rings. The van der Waals surface area contributed by atoms with Crippen molar-refractivity contribution < 1.29 is 28.9 Å². The Hall–Kier alpha value is -3.74. The van der Waals surface area contributed by atoms with Crippen molar-refractivity contribution in [3.8, 4) is 17.2 Å². The van der Waals surface area contributed by atoms with E-state index in [-0.39, 0.29) is 18.4 Å². The first-order chi connectivity index (χ1) is 17.4. The molecule has 2 atom stereocenters. The number of primary amides is 1. The SMILES string of the molecule is C=C(C1=C(C)C(Oc2ccc3c(c2)OCC3CC(=O)O)CC1)c1c(C)cc(OC(C)(C)C(N)=O)cc1C. The summed E-state index contributed by atoms with van der Waals surface area (Å²) in [5.74, 6) is 0.512. The van der Waals surface area contributed by atoms with Gasteiger partial charge < -0.3 is 25.1 Å². The van der Waals surface area contributed by atoms with Crippen molar-refractivity contribution in [3.63, 3.8) is 0 Å². The van der Waals surface area contributed by atoms with Crippen molar-refractivity contribution in [3.05, 3.63) is 70.3 Å². The number of rotatable bonds is 9. The molecule has 2 aromatic carbocycles. The first-order valence-corrected chi connectivity index (χ1v) is 12.5. The molecule has 0 spiro atoms. The Balaban J connectivity index is 1.51. The van der Waals surface area contributed by atoms with E-state index in [9.17, 15) is 9.59 Å². The van der Waals surface area contributed by atoms with Gasteiger partial charge in [-0.1, -0.05) is 12.6 Å². The summed E-state index contributed by atoms with van der Waals surface area (Å²) >= 11 is 0. The Kier molecular flexibility index (Phi) is 7.09. The Morgan fingerprint density at radius 3 is 2.43 bits per heavy atom. The van der Waals surface area contributed by atoms with Crippen LogP contribution in [0.4, 0.5) is 0 Å². The number of aryl methyl sites for hydroxylation is 2. The predicted molar refractivity (Wildman–Crippen MR) is 142 cm³/mol. The minimum absolute atomic E-state index is 0.0536. The molecule has 3 N–H and O–H groups in total. The number of hydrogen-bond acceptors (Lipinski definition) is 5. The average Bonchev–Trinajstić information content (AvgIpc) is 3.35. The molecule has 1 heterocycles. The molecule has 1 amide bonds. The van der Waals surface area contributed by atoms with E-state index >= 15 is 0 Å². The zero-order valence-electron chi connectivity index (χ0n) is 22.1. The first-order valence-electron chi connectivity index (χ1n) is 12.5. The molecule has 1 aliphatic heterocycles. The molecule has 0 bridgehead atoms. The third kappa shape index (κ3) is 5.36. The van der Waals surface area contributed by atoms with Gasteiger partial charge in [0, 0.05) is 17.5 Å². The number of benzene rings is 2. The lowest BCUT2D eigenvalue weighted by atomic mass is 9.90. The maximum Gasteiger partial charge on any atom is 0.304 e. The van der Waals surface area contributed by atoms with Crippen molar-refractivity contribution in [1.29, 1.82) is 0 Å². The van der Waals surface area contributed by atoms with Crippen LogP contribution < -0.4 is 19.9 Å². The van der Waals surface area contributed by atoms with E-state index in [4.69, 9.17) is 25.1 Å². The second-order valence-corrected chi connectivity index (χ2v) is 10.5. The smallest absolute Gasteiger partial charge is 0.304 e. The molecule has 0 saturated carbocycles. The lowest BCUT2D eigenvalue weighted by Crippen LogP contribution is -2.43. The average molecular weight is 506 g/mol. The van der Waals surface area contributed by atoms with E-state index < -0.39 is 17.5 Å². The van der Waals surface area contributed by atoms with Crippen molar-refractivity contribution in [2.45, 2.75) is 71.5 Å². The van der Waals surface area contributed by atoms with E-state index in [0.29, 0.717) is 23.9 Å². The van der Waals surface area contributed by atoms with Gasteiger partial charge in [-0.3, -0.25) is 9.59 Å². The van der Waals surface area contributed by atoms with Gasteiger partial charge in [-0.05, 0) is 99.1 Å². The largest absolute Gasteiger partial charge is 0.492 e.